The number of rotatable bonds is 6. The highest BCUT2D eigenvalue weighted by Gasteiger charge is 2.24. The summed E-state index contributed by atoms with van der Waals surface area (Å²) in [5.74, 6) is 0.610. The molecule has 1 atom stereocenters. The van der Waals surface area contributed by atoms with E-state index in [1.807, 2.05) is 29.8 Å². The SMILES string of the molecule is CCCNCC1CCCc2sc(Cc3cccnc3)nc21. The lowest BCUT2D eigenvalue weighted by Crippen LogP contribution is -2.24. The molecule has 0 aromatic carbocycles. The van der Waals surface area contributed by atoms with Gasteiger partial charge in [-0.05, 0) is 43.9 Å². The number of aromatic nitrogens is 2. The first kappa shape index (κ1) is 14.7. The van der Waals surface area contributed by atoms with Crippen molar-refractivity contribution in [2.75, 3.05) is 13.1 Å². The fourth-order valence-corrected chi connectivity index (χ4v) is 4.19. The monoisotopic (exact) mass is 301 g/mol. The number of aryl methyl sites for hydroxylation is 1. The number of thiazole rings is 1. The molecular formula is C17H23N3S. The quantitative estimate of drug-likeness (QED) is 0.829. The van der Waals surface area contributed by atoms with Gasteiger partial charge in [0.1, 0.15) is 0 Å². The Balaban J connectivity index is 1.71. The van der Waals surface area contributed by atoms with Crippen LogP contribution in [0.2, 0.25) is 0 Å². The van der Waals surface area contributed by atoms with E-state index in [-0.39, 0.29) is 0 Å². The second kappa shape index (κ2) is 7.14. The van der Waals surface area contributed by atoms with Crippen molar-refractivity contribution >= 4 is 11.3 Å². The van der Waals surface area contributed by atoms with Crippen molar-refractivity contribution in [3.8, 4) is 0 Å². The van der Waals surface area contributed by atoms with Crippen LogP contribution >= 0.6 is 11.3 Å². The zero-order chi connectivity index (χ0) is 14.5. The van der Waals surface area contributed by atoms with Crippen molar-refractivity contribution < 1.29 is 0 Å². The van der Waals surface area contributed by atoms with E-state index >= 15 is 0 Å². The Kier molecular flexibility index (Phi) is 4.99. The molecule has 2 aromatic heterocycles. The van der Waals surface area contributed by atoms with E-state index in [1.54, 1.807) is 0 Å². The third-order valence-electron chi connectivity index (χ3n) is 4.01. The summed E-state index contributed by atoms with van der Waals surface area (Å²) in [6.45, 7) is 4.41. The van der Waals surface area contributed by atoms with E-state index < -0.39 is 0 Å². The molecule has 0 fully saturated rings. The van der Waals surface area contributed by atoms with Crippen LogP contribution in [0.4, 0.5) is 0 Å². The molecule has 1 N–H and O–H groups in total. The number of nitrogens with one attached hydrogen (secondary N) is 1. The maximum Gasteiger partial charge on any atom is 0.0975 e. The Labute approximate surface area is 130 Å². The van der Waals surface area contributed by atoms with Crippen LogP contribution in [0.1, 0.15) is 53.2 Å². The van der Waals surface area contributed by atoms with E-state index in [9.17, 15) is 0 Å². The Morgan fingerprint density at radius 1 is 1.43 bits per heavy atom. The molecule has 21 heavy (non-hydrogen) atoms. The normalized spacial score (nSPS) is 17.7. The number of nitrogens with zero attached hydrogens (tertiary/aromatic N) is 2. The van der Waals surface area contributed by atoms with Gasteiger partial charge in [-0.3, -0.25) is 4.98 Å². The Bertz CT molecular complexity index is 565. The molecule has 3 rings (SSSR count). The van der Waals surface area contributed by atoms with E-state index in [4.69, 9.17) is 4.98 Å². The van der Waals surface area contributed by atoms with Gasteiger partial charge in [-0.1, -0.05) is 13.0 Å². The van der Waals surface area contributed by atoms with E-state index in [1.165, 1.54) is 46.8 Å². The summed E-state index contributed by atoms with van der Waals surface area (Å²) in [5.41, 5.74) is 2.62. The average molecular weight is 301 g/mol. The smallest absolute Gasteiger partial charge is 0.0975 e. The lowest BCUT2D eigenvalue weighted by atomic mass is 9.91. The molecule has 2 heterocycles. The van der Waals surface area contributed by atoms with Crippen molar-refractivity contribution in [3.05, 3.63) is 45.7 Å². The molecule has 1 unspecified atom stereocenters. The van der Waals surface area contributed by atoms with Gasteiger partial charge in [-0.25, -0.2) is 4.98 Å². The summed E-state index contributed by atoms with van der Waals surface area (Å²) in [5, 5.41) is 4.80. The molecule has 4 heteroatoms. The third-order valence-corrected chi connectivity index (χ3v) is 5.14. The van der Waals surface area contributed by atoms with Crippen LogP contribution in [0.3, 0.4) is 0 Å². The molecule has 3 nitrogen and oxygen atoms in total. The fourth-order valence-electron chi connectivity index (χ4n) is 2.96. The van der Waals surface area contributed by atoms with Crippen molar-refractivity contribution in [3.63, 3.8) is 0 Å². The molecule has 0 aliphatic heterocycles. The van der Waals surface area contributed by atoms with Crippen molar-refractivity contribution in [2.24, 2.45) is 0 Å². The first-order chi connectivity index (χ1) is 10.4. The van der Waals surface area contributed by atoms with Crippen LogP contribution in [0.5, 0.6) is 0 Å². The molecule has 112 valence electrons. The van der Waals surface area contributed by atoms with Crippen LogP contribution < -0.4 is 5.32 Å². The first-order valence-corrected chi connectivity index (χ1v) is 8.76. The molecule has 2 aromatic rings. The molecule has 0 spiro atoms. The second-order valence-electron chi connectivity index (χ2n) is 5.75. The van der Waals surface area contributed by atoms with E-state index in [2.05, 4.69) is 23.3 Å². The Hall–Kier alpha value is -1.26. The van der Waals surface area contributed by atoms with Gasteiger partial charge in [-0.15, -0.1) is 11.3 Å². The largest absolute Gasteiger partial charge is 0.316 e. The average Bonchev–Trinajstić information content (AvgIpc) is 2.92. The summed E-state index contributed by atoms with van der Waals surface area (Å²) >= 11 is 1.91. The van der Waals surface area contributed by atoms with Crippen LogP contribution in [0.25, 0.3) is 0 Å². The fraction of sp³-hybridized carbons (Fsp3) is 0.529. The summed E-state index contributed by atoms with van der Waals surface area (Å²) in [6, 6.07) is 4.13. The Morgan fingerprint density at radius 2 is 2.38 bits per heavy atom. The highest BCUT2D eigenvalue weighted by Crippen LogP contribution is 2.35. The molecule has 0 amide bonds. The van der Waals surface area contributed by atoms with Crippen LogP contribution in [-0.2, 0) is 12.8 Å². The number of hydrogen-bond donors (Lipinski definition) is 1. The van der Waals surface area contributed by atoms with E-state index in [0.717, 1.165) is 19.5 Å². The van der Waals surface area contributed by atoms with Gasteiger partial charge in [0.05, 0.1) is 10.7 Å². The Morgan fingerprint density at radius 3 is 3.19 bits per heavy atom. The van der Waals surface area contributed by atoms with Crippen LogP contribution in [0.15, 0.2) is 24.5 Å². The molecule has 0 radical (unpaired) electrons. The van der Waals surface area contributed by atoms with Gasteiger partial charge in [0.2, 0.25) is 0 Å². The minimum absolute atomic E-state index is 0.610. The minimum atomic E-state index is 0.610. The molecular weight excluding hydrogens is 278 g/mol. The standard InChI is InChI=1S/C17H23N3S/c1-2-8-18-12-14-6-3-7-15-17(14)20-16(21-15)10-13-5-4-9-19-11-13/h4-5,9,11,14,18H,2-3,6-8,10,12H2,1H3. The number of fused-ring (bicyclic) bond motifs is 1. The van der Waals surface area contributed by atoms with Crippen molar-refractivity contribution in [2.45, 2.75) is 44.9 Å². The summed E-state index contributed by atoms with van der Waals surface area (Å²) < 4.78 is 0. The van der Waals surface area contributed by atoms with Gasteiger partial charge in [-0.2, -0.15) is 0 Å². The maximum atomic E-state index is 4.96. The predicted molar refractivity (Wildman–Crippen MR) is 88.0 cm³/mol. The van der Waals surface area contributed by atoms with Gasteiger partial charge in [0.15, 0.2) is 0 Å². The third kappa shape index (κ3) is 3.69. The zero-order valence-electron chi connectivity index (χ0n) is 12.6. The number of hydrogen-bond acceptors (Lipinski definition) is 4. The first-order valence-electron chi connectivity index (χ1n) is 7.95. The molecule has 1 aliphatic carbocycles. The zero-order valence-corrected chi connectivity index (χ0v) is 13.5. The topological polar surface area (TPSA) is 37.8 Å². The highest BCUT2D eigenvalue weighted by molar-refractivity contribution is 7.11. The van der Waals surface area contributed by atoms with Crippen LogP contribution in [-0.4, -0.2) is 23.1 Å². The van der Waals surface area contributed by atoms with Crippen molar-refractivity contribution in [1.82, 2.24) is 15.3 Å². The highest BCUT2D eigenvalue weighted by atomic mass is 32.1. The molecule has 1 aliphatic rings. The predicted octanol–water partition coefficient (Wildman–Crippen LogP) is 3.55. The minimum Gasteiger partial charge on any atom is -0.316 e. The molecule has 0 bridgehead atoms. The van der Waals surface area contributed by atoms with Gasteiger partial charge < -0.3 is 5.32 Å². The maximum absolute atomic E-state index is 4.96. The van der Waals surface area contributed by atoms with Gasteiger partial charge in [0.25, 0.3) is 0 Å². The van der Waals surface area contributed by atoms with Crippen LogP contribution in [0, 0.1) is 0 Å². The summed E-state index contributed by atoms with van der Waals surface area (Å²) in [6.07, 6.45) is 9.68. The van der Waals surface area contributed by atoms with Gasteiger partial charge in [0, 0.05) is 36.2 Å². The van der Waals surface area contributed by atoms with Crippen molar-refractivity contribution in [1.29, 1.82) is 0 Å². The lowest BCUT2D eigenvalue weighted by Gasteiger charge is -2.21. The number of pyridine rings is 1. The second-order valence-corrected chi connectivity index (χ2v) is 6.92. The molecule has 0 saturated heterocycles. The summed E-state index contributed by atoms with van der Waals surface area (Å²) in [7, 11) is 0. The lowest BCUT2D eigenvalue weighted by molar-refractivity contribution is 0.501. The van der Waals surface area contributed by atoms with Gasteiger partial charge >= 0.3 is 0 Å². The summed E-state index contributed by atoms with van der Waals surface area (Å²) in [4.78, 5) is 10.7. The van der Waals surface area contributed by atoms with E-state index in [0.29, 0.717) is 5.92 Å². The molecule has 0 saturated carbocycles.